The number of ether oxygens (including phenoxy) is 1. The van der Waals surface area contributed by atoms with Gasteiger partial charge in [0.25, 0.3) is 5.91 Å². The summed E-state index contributed by atoms with van der Waals surface area (Å²) in [6, 6.07) is 20.2. The second kappa shape index (κ2) is 8.48. The molecule has 1 amide bonds. The van der Waals surface area contributed by atoms with Gasteiger partial charge >= 0.3 is 0 Å². The Morgan fingerprint density at radius 2 is 1.77 bits per heavy atom. The number of hydrogen-bond acceptors (Lipinski definition) is 2. The zero-order chi connectivity index (χ0) is 18.4. The first-order valence-electron chi connectivity index (χ1n) is 8.83. The van der Waals surface area contributed by atoms with Gasteiger partial charge in [0.15, 0.2) is 6.10 Å². The second-order valence-electron chi connectivity index (χ2n) is 6.19. The van der Waals surface area contributed by atoms with E-state index < -0.39 is 6.10 Å². The Bertz CT molecular complexity index is 877. The van der Waals surface area contributed by atoms with Crippen LogP contribution in [0, 0.1) is 5.82 Å². The number of nitrogens with one attached hydrogen (secondary N) is 1. The van der Waals surface area contributed by atoms with Crippen molar-refractivity contribution >= 4 is 16.7 Å². The van der Waals surface area contributed by atoms with Gasteiger partial charge in [0.1, 0.15) is 11.6 Å². The number of carbonyl (C=O) groups excluding carboxylic acids is 1. The molecule has 3 aromatic rings. The van der Waals surface area contributed by atoms with Gasteiger partial charge in [-0.2, -0.15) is 0 Å². The summed E-state index contributed by atoms with van der Waals surface area (Å²) in [5.41, 5.74) is 0.982. The molecular weight excluding hydrogens is 329 g/mol. The Hall–Kier alpha value is -2.88. The van der Waals surface area contributed by atoms with Crippen molar-refractivity contribution in [2.24, 2.45) is 0 Å². The highest BCUT2D eigenvalue weighted by Gasteiger charge is 2.18. The van der Waals surface area contributed by atoms with Crippen molar-refractivity contribution in [3.8, 4) is 5.75 Å². The lowest BCUT2D eigenvalue weighted by atomic mass is 10.1. The summed E-state index contributed by atoms with van der Waals surface area (Å²) in [6.45, 7) is 2.41. The molecule has 3 nitrogen and oxygen atoms in total. The molecule has 0 aliphatic heterocycles. The Labute approximate surface area is 152 Å². The van der Waals surface area contributed by atoms with E-state index in [0.29, 0.717) is 25.1 Å². The van der Waals surface area contributed by atoms with Crippen molar-refractivity contribution in [2.45, 2.75) is 25.9 Å². The summed E-state index contributed by atoms with van der Waals surface area (Å²) < 4.78 is 18.8. The average molecular weight is 351 g/mol. The molecule has 0 radical (unpaired) electrons. The molecule has 4 heteroatoms. The highest BCUT2D eigenvalue weighted by molar-refractivity contribution is 5.84. The summed E-state index contributed by atoms with van der Waals surface area (Å²) in [5.74, 6) is 0.291. The van der Waals surface area contributed by atoms with Gasteiger partial charge in [-0.05, 0) is 53.4 Å². The second-order valence-corrected chi connectivity index (χ2v) is 6.19. The fraction of sp³-hybridized carbons (Fsp3) is 0.227. The molecule has 0 spiro atoms. The summed E-state index contributed by atoms with van der Waals surface area (Å²) in [4.78, 5) is 12.4. The largest absolute Gasteiger partial charge is 0.481 e. The number of halogens is 1. The van der Waals surface area contributed by atoms with Crippen LogP contribution in [0.5, 0.6) is 5.75 Å². The van der Waals surface area contributed by atoms with E-state index in [2.05, 4.69) is 5.32 Å². The van der Waals surface area contributed by atoms with Gasteiger partial charge in [-0.3, -0.25) is 4.79 Å². The van der Waals surface area contributed by atoms with Crippen LogP contribution in [0.4, 0.5) is 4.39 Å². The topological polar surface area (TPSA) is 38.3 Å². The molecule has 0 bridgehead atoms. The SMILES string of the molecule is CC[C@H](Oc1ccc2ccccc2c1)C(=O)NCCc1ccc(F)cc1. The highest BCUT2D eigenvalue weighted by Crippen LogP contribution is 2.22. The highest BCUT2D eigenvalue weighted by atomic mass is 19.1. The standard InChI is InChI=1S/C22H22FNO2/c1-2-21(22(25)24-14-13-16-7-10-19(23)11-8-16)26-20-12-9-17-5-3-4-6-18(17)15-20/h3-12,15,21H,2,13-14H2,1H3,(H,24,25)/t21-/m0/s1. The summed E-state index contributed by atoms with van der Waals surface area (Å²) in [6.07, 6.45) is 0.692. The molecule has 0 heterocycles. The van der Waals surface area contributed by atoms with E-state index in [9.17, 15) is 9.18 Å². The molecule has 134 valence electrons. The van der Waals surface area contributed by atoms with Crippen molar-refractivity contribution in [1.29, 1.82) is 0 Å². The molecule has 0 aromatic heterocycles. The van der Waals surface area contributed by atoms with E-state index in [1.54, 1.807) is 12.1 Å². The Morgan fingerprint density at radius 3 is 2.50 bits per heavy atom. The van der Waals surface area contributed by atoms with Gasteiger partial charge in [0.05, 0.1) is 0 Å². The lowest BCUT2D eigenvalue weighted by Gasteiger charge is -2.17. The zero-order valence-corrected chi connectivity index (χ0v) is 14.7. The first-order chi connectivity index (χ1) is 12.7. The van der Waals surface area contributed by atoms with E-state index in [4.69, 9.17) is 4.74 Å². The van der Waals surface area contributed by atoms with E-state index in [-0.39, 0.29) is 11.7 Å². The van der Waals surface area contributed by atoms with Crippen LogP contribution in [0.15, 0.2) is 66.7 Å². The Morgan fingerprint density at radius 1 is 1.04 bits per heavy atom. The average Bonchev–Trinajstić information content (AvgIpc) is 2.67. The fourth-order valence-electron chi connectivity index (χ4n) is 2.82. The lowest BCUT2D eigenvalue weighted by molar-refractivity contribution is -0.128. The van der Waals surface area contributed by atoms with Crippen LogP contribution in [0.25, 0.3) is 10.8 Å². The van der Waals surface area contributed by atoms with Crippen LogP contribution >= 0.6 is 0 Å². The molecule has 0 saturated heterocycles. The number of hydrogen-bond donors (Lipinski definition) is 1. The number of benzene rings is 3. The maximum atomic E-state index is 12.9. The molecule has 3 rings (SSSR count). The normalized spacial score (nSPS) is 11.9. The van der Waals surface area contributed by atoms with Crippen molar-refractivity contribution in [3.63, 3.8) is 0 Å². The first kappa shape index (κ1) is 17.9. The van der Waals surface area contributed by atoms with Crippen LogP contribution < -0.4 is 10.1 Å². The maximum absolute atomic E-state index is 12.9. The molecule has 0 aliphatic rings. The van der Waals surface area contributed by atoms with Crippen LogP contribution in [-0.4, -0.2) is 18.6 Å². The van der Waals surface area contributed by atoms with Gasteiger partial charge < -0.3 is 10.1 Å². The number of amides is 1. The van der Waals surface area contributed by atoms with Crippen molar-refractivity contribution < 1.29 is 13.9 Å². The van der Waals surface area contributed by atoms with Crippen LogP contribution in [0.2, 0.25) is 0 Å². The zero-order valence-electron chi connectivity index (χ0n) is 14.7. The van der Waals surface area contributed by atoms with E-state index >= 15 is 0 Å². The summed E-state index contributed by atoms with van der Waals surface area (Å²) in [5, 5.41) is 5.11. The fourth-order valence-corrected chi connectivity index (χ4v) is 2.82. The minimum Gasteiger partial charge on any atom is -0.481 e. The molecule has 1 N–H and O–H groups in total. The van der Waals surface area contributed by atoms with Gasteiger partial charge in [-0.1, -0.05) is 49.4 Å². The number of rotatable bonds is 7. The van der Waals surface area contributed by atoms with E-state index in [0.717, 1.165) is 16.3 Å². The van der Waals surface area contributed by atoms with Crippen LogP contribution in [-0.2, 0) is 11.2 Å². The third-order valence-electron chi connectivity index (χ3n) is 4.29. The molecule has 26 heavy (non-hydrogen) atoms. The van der Waals surface area contributed by atoms with Crippen molar-refractivity contribution in [3.05, 3.63) is 78.1 Å². The van der Waals surface area contributed by atoms with Gasteiger partial charge in [-0.25, -0.2) is 4.39 Å². The lowest BCUT2D eigenvalue weighted by Crippen LogP contribution is -2.38. The maximum Gasteiger partial charge on any atom is 0.261 e. The number of carbonyl (C=O) groups is 1. The summed E-state index contributed by atoms with van der Waals surface area (Å²) >= 11 is 0. The Balaban J connectivity index is 1.56. The minimum absolute atomic E-state index is 0.136. The third kappa shape index (κ3) is 4.60. The number of fused-ring (bicyclic) bond motifs is 1. The molecule has 0 unspecified atom stereocenters. The molecular formula is C22H22FNO2. The molecule has 0 fully saturated rings. The van der Waals surface area contributed by atoms with Gasteiger partial charge in [-0.15, -0.1) is 0 Å². The van der Waals surface area contributed by atoms with Crippen molar-refractivity contribution in [2.75, 3.05) is 6.54 Å². The molecule has 0 saturated carbocycles. The van der Waals surface area contributed by atoms with E-state index in [1.165, 1.54) is 12.1 Å². The minimum atomic E-state index is -0.538. The van der Waals surface area contributed by atoms with E-state index in [1.807, 2.05) is 49.4 Å². The van der Waals surface area contributed by atoms with Crippen LogP contribution in [0.1, 0.15) is 18.9 Å². The molecule has 1 atom stereocenters. The molecule has 3 aromatic carbocycles. The predicted octanol–water partition coefficient (Wildman–Crippen LogP) is 4.50. The smallest absolute Gasteiger partial charge is 0.261 e. The van der Waals surface area contributed by atoms with Crippen LogP contribution in [0.3, 0.4) is 0 Å². The molecule has 0 aliphatic carbocycles. The monoisotopic (exact) mass is 351 g/mol. The summed E-state index contributed by atoms with van der Waals surface area (Å²) in [7, 11) is 0. The third-order valence-corrected chi connectivity index (χ3v) is 4.29. The predicted molar refractivity (Wildman–Crippen MR) is 102 cm³/mol. The van der Waals surface area contributed by atoms with Crippen molar-refractivity contribution in [1.82, 2.24) is 5.32 Å². The quantitative estimate of drug-likeness (QED) is 0.681. The van der Waals surface area contributed by atoms with Gasteiger partial charge in [0.2, 0.25) is 0 Å². The van der Waals surface area contributed by atoms with Gasteiger partial charge in [0, 0.05) is 6.54 Å². The first-order valence-corrected chi connectivity index (χ1v) is 8.83. The Kier molecular flexibility index (Phi) is 5.84.